The van der Waals surface area contributed by atoms with Crippen LogP contribution in [-0.2, 0) is 0 Å². The lowest BCUT2D eigenvalue weighted by molar-refractivity contribution is 0.0943. The van der Waals surface area contributed by atoms with E-state index in [1.807, 2.05) is 0 Å². The highest BCUT2D eigenvalue weighted by Gasteiger charge is 2.41. The molecule has 0 spiro atoms. The standard InChI is InChI=1S/C13H14Br2ClNO/c14-6-5-13(3-4-13)8-17-12(18)10-7-9(16)1-2-11(10)15/h1-2,7H,3-6,8H2,(H,17,18). The predicted octanol–water partition coefficient (Wildman–Crippen LogP) is 4.40. The van der Waals surface area contributed by atoms with Crippen molar-refractivity contribution in [3.8, 4) is 0 Å². The van der Waals surface area contributed by atoms with E-state index in [2.05, 4.69) is 37.2 Å². The van der Waals surface area contributed by atoms with E-state index < -0.39 is 0 Å². The Hall–Kier alpha value is -0.0600. The van der Waals surface area contributed by atoms with Gasteiger partial charge in [0.25, 0.3) is 5.91 Å². The minimum absolute atomic E-state index is 0.0646. The zero-order valence-electron chi connectivity index (χ0n) is 9.81. The Morgan fingerprint density at radius 2 is 2.17 bits per heavy atom. The third kappa shape index (κ3) is 3.49. The number of carbonyl (C=O) groups is 1. The fraction of sp³-hybridized carbons (Fsp3) is 0.462. The summed E-state index contributed by atoms with van der Waals surface area (Å²) in [5, 5.41) is 4.57. The lowest BCUT2D eigenvalue weighted by atomic mass is 10.0. The minimum atomic E-state index is -0.0646. The first-order chi connectivity index (χ1) is 8.56. The van der Waals surface area contributed by atoms with Crippen LogP contribution < -0.4 is 5.32 Å². The quantitative estimate of drug-likeness (QED) is 0.736. The van der Waals surface area contributed by atoms with Crippen molar-refractivity contribution in [1.82, 2.24) is 5.32 Å². The van der Waals surface area contributed by atoms with E-state index in [0.29, 0.717) is 16.0 Å². The summed E-state index contributed by atoms with van der Waals surface area (Å²) in [5.41, 5.74) is 0.918. The maximum atomic E-state index is 12.1. The molecule has 2 nitrogen and oxygen atoms in total. The molecule has 98 valence electrons. The van der Waals surface area contributed by atoms with Gasteiger partial charge >= 0.3 is 0 Å². The molecule has 5 heteroatoms. The average molecular weight is 396 g/mol. The molecule has 18 heavy (non-hydrogen) atoms. The molecular weight excluding hydrogens is 381 g/mol. The molecule has 0 saturated heterocycles. The number of amides is 1. The molecule has 1 aromatic carbocycles. The molecule has 0 heterocycles. The van der Waals surface area contributed by atoms with Crippen LogP contribution in [0.3, 0.4) is 0 Å². The molecule has 1 fully saturated rings. The van der Waals surface area contributed by atoms with E-state index in [-0.39, 0.29) is 5.91 Å². The van der Waals surface area contributed by atoms with Crippen molar-refractivity contribution >= 4 is 49.4 Å². The zero-order valence-corrected chi connectivity index (χ0v) is 13.7. The zero-order chi connectivity index (χ0) is 13.2. The van der Waals surface area contributed by atoms with E-state index >= 15 is 0 Å². The van der Waals surface area contributed by atoms with Gasteiger partial charge in [-0.05, 0) is 58.8 Å². The second kappa shape index (κ2) is 5.93. The number of rotatable bonds is 5. The summed E-state index contributed by atoms with van der Waals surface area (Å²) >= 11 is 12.7. The summed E-state index contributed by atoms with van der Waals surface area (Å²) in [6, 6.07) is 5.24. The summed E-state index contributed by atoms with van der Waals surface area (Å²) in [4.78, 5) is 12.1. The van der Waals surface area contributed by atoms with Crippen LogP contribution in [0.25, 0.3) is 0 Å². The van der Waals surface area contributed by atoms with Gasteiger partial charge in [-0.3, -0.25) is 4.79 Å². The van der Waals surface area contributed by atoms with Gasteiger partial charge in [0.15, 0.2) is 0 Å². The van der Waals surface area contributed by atoms with Crippen LogP contribution in [0.2, 0.25) is 5.02 Å². The fourth-order valence-corrected chi connectivity index (χ4v) is 3.37. The van der Waals surface area contributed by atoms with Gasteiger partial charge in [0.05, 0.1) is 5.56 Å². The van der Waals surface area contributed by atoms with Crippen LogP contribution in [0.1, 0.15) is 29.6 Å². The number of alkyl halides is 1. The summed E-state index contributed by atoms with van der Waals surface area (Å²) in [5.74, 6) is -0.0646. The Balaban J connectivity index is 1.98. The molecule has 0 aliphatic heterocycles. The van der Waals surface area contributed by atoms with Gasteiger partial charge in [-0.2, -0.15) is 0 Å². The third-order valence-electron chi connectivity index (χ3n) is 3.38. The Bertz CT molecular complexity index is 460. The topological polar surface area (TPSA) is 29.1 Å². The summed E-state index contributed by atoms with van der Waals surface area (Å²) < 4.78 is 0.773. The van der Waals surface area contributed by atoms with E-state index in [4.69, 9.17) is 11.6 Å². The van der Waals surface area contributed by atoms with E-state index in [1.165, 1.54) is 12.8 Å². The molecule has 1 aliphatic carbocycles. The number of hydrogen-bond acceptors (Lipinski definition) is 1. The minimum Gasteiger partial charge on any atom is -0.351 e. The van der Waals surface area contributed by atoms with Crippen LogP contribution in [0.15, 0.2) is 22.7 Å². The normalized spacial score (nSPS) is 16.4. The molecule has 0 radical (unpaired) electrons. The van der Waals surface area contributed by atoms with Crippen molar-refractivity contribution < 1.29 is 4.79 Å². The molecule has 1 amide bonds. The SMILES string of the molecule is O=C(NCC1(CCBr)CC1)c1cc(Cl)ccc1Br. The van der Waals surface area contributed by atoms with Crippen molar-refractivity contribution in [2.24, 2.45) is 5.41 Å². The lowest BCUT2D eigenvalue weighted by Crippen LogP contribution is -2.30. The lowest BCUT2D eigenvalue weighted by Gasteiger charge is -2.15. The predicted molar refractivity (Wildman–Crippen MR) is 81.6 cm³/mol. The fourth-order valence-electron chi connectivity index (χ4n) is 1.93. The molecule has 1 N–H and O–H groups in total. The Morgan fingerprint density at radius 1 is 1.44 bits per heavy atom. The van der Waals surface area contributed by atoms with E-state index in [9.17, 15) is 4.79 Å². The second-order valence-corrected chi connectivity index (χ2v) is 6.83. The molecule has 0 unspecified atom stereocenters. The average Bonchev–Trinajstić information content (AvgIpc) is 3.10. The van der Waals surface area contributed by atoms with Crippen molar-refractivity contribution in [1.29, 1.82) is 0 Å². The summed E-state index contributed by atoms with van der Waals surface area (Å²) in [7, 11) is 0. The number of carbonyl (C=O) groups excluding carboxylic acids is 1. The highest BCUT2D eigenvalue weighted by atomic mass is 79.9. The first-order valence-electron chi connectivity index (χ1n) is 5.86. The molecule has 2 rings (SSSR count). The summed E-state index contributed by atoms with van der Waals surface area (Å²) in [6.07, 6.45) is 3.52. The molecule has 0 bridgehead atoms. The molecular formula is C13H14Br2ClNO. The van der Waals surface area contributed by atoms with Gasteiger partial charge in [-0.15, -0.1) is 0 Å². The smallest absolute Gasteiger partial charge is 0.252 e. The largest absolute Gasteiger partial charge is 0.351 e. The van der Waals surface area contributed by atoms with Crippen LogP contribution in [0, 0.1) is 5.41 Å². The molecule has 1 saturated carbocycles. The van der Waals surface area contributed by atoms with Gasteiger partial charge in [0.1, 0.15) is 0 Å². The Kier molecular flexibility index (Phi) is 4.73. The highest BCUT2D eigenvalue weighted by molar-refractivity contribution is 9.10. The third-order valence-corrected chi connectivity index (χ3v) is 4.70. The maximum Gasteiger partial charge on any atom is 0.252 e. The van der Waals surface area contributed by atoms with Crippen molar-refractivity contribution in [3.63, 3.8) is 0 Å². The number of hydrogen-bond donors (Lipinski definition) is 1. The number of benzene rings is 1. The van der Waals surface area contributed by atoms with Crippen molar-refractivity contribution in [2.45, 2.75) is 19.3 Å². The monoisotopic (exact) mass is 393 g/mol. The summed E-state index contributed by atoms with van der Waals surface area (Å²) in [6.45, 7) is 0.746. The Morgan fingerprint density at radius 3 is 2.78 bits per heavy atom. The van der Waals surface area contributed by atoms with Crippen LogP contribution in [0.4, 0.5) is 0 Å². The van der Waals surface area contributed by atoms with Crippen LogP contribution in [-0.4, -0.2) is 17.8 Å². The Labute approximate surface area is 129 Å². The highest BCUT2D eigenvalue weighted by Crippen LogP contribution is 2.48. The van der Waals surface area contributed by atoms with Gasteiger partial charge in [-0.1, -0.05) is 27.5 Å². The van der Waals surface area contributed by atoms with Gasteiger partial charge in [0, 0.05) is 21.4 Å². The number of nitrogens with one attached hydrogen (secondary N) is 1. The maximum absolute atomic E-state index is 12.1. The van der Waals surface area contributed by atoms with E-state index in [0.717, 1.165) is 22.8 Å². The van der Waals surface area contributed by atoms with E-state index in [1.54, 1.807) is 18.2 Å². The van der Waals surface area contributed by atoms with Crippen LogP contribution in [0.5, 0.6) is 0 Å². The first kappa shape index (κ1) is 14.4. The van der Waals surface area contributed by atoms with Crippen LogP contribution >= 0.6 is 43.5 Å². The molecule has 1 aromatic rings. The second-order valence-electron chi connectivity index (χ2n) is 4.75. The van der Waals surface area contributed by atoms with Crippen molar-refractivity contribution in [3.05, 3.63) is 33.3 Å². The molecule has 0 atom stereocenters. The van der Waals surface area contributed by atoms with Gasteiger partial charge in [-0.25, -0.2) is 0 Å². The van der Waals surface area contributed by atoms with Crippen molar-refractivity contribution in [2.75, 3.05) is 11.9 Å². The number of halogens is 3. The van der Waals surface area contributed by atoms with Gasteiger partial charge in [0.2, 0.25) is 0 Å². The van der Waals surface area contributed by atoms with Gasteiger partial charge < -0.3 is 5.32 Å². The molecule has 0 aromatic heterocycles. The first-order valence-corrected chi connectivity index (χ1v) is 8.15. The molecule has 1 aliphatic rings.